The summed E-state index contributed by atoms with van der Waals surface area (Å²) in [6, 6.07) is 54.5. The first-order chi connectivity index (χ1) is 18.2. The number of rotatable bonds is 8. The molecule has 0 N–H and O–H groups in total. The topological polar surface area (TPSA) is 0 Å². The second-order valence-electron chi connectivity index (χ2n) is 9.17. The standard InChI is InChI=1S/C35H30BP/c1-28(2)35(37(32-24-14-6-15-25-32)33-26-16-7-17-27-33)34(29-18-8-3-9-19-29)36(30-20-10-4-11-21-30)31-22-12-5-13-23-31/h3-27H,1H2,2H3. The summed E-state index contributed by atoms with van der Waals surface area (Å²) >= 11 is 0. The van der Waals surface area contributed by atoms with Crippen LogP contribution < -0.4 is 21.5 Å². The van der Waals surface area contributed by atoms with Crippen LogP contribution in [0.3, 0.4) is 0 Å². The Morgan fingerprint density at radius 2 is 0.865 bits per heavy atom. The summed E-state index contributed by atoms with van der Waals surface area (Å²) in [6.07, 6.45) is 0. The molecule has 0 aromatic heterocycles. The molecule has 0 spiro atoms. The molecule has 5 aromatic rings. The third-order valence-electron chi connectivity index (χ3n) is 6.55. The second kappa shape index (κ2) is 11.9. The largest absolute Gasteiger partial charge is 0.242 e. The molecule has 2 heteroatoms. The molecule has 0 saturated carbocycles. The van der Waals surface area contributed by atoms with Crippen LogP contribution in [0.15, 0.2) is 169 Å². The maximum Gasteiger partial charge on any atom is 0.242 e. The number of benzene rings is 5. The molecule has 0 bridgehead atoms. The van der Waals surface area contributed by atoms with Gasteiger partial charge in [0.05, 0.1) is 0 Å². The van der Waals surface area contributed by atoms with Gasteiger partial charge in [0.25, 0.3) is 0 Å². The van der Waals surface area contributed by atoms with Gasteiger partial charge in [-0.05, 0) is 36.3 Å². The average molecular weight is 492 g/mol. The van der Waals surface area contributed by atoms with E-state index in [0.717, 1.165) is 5.57 Å². The molecule has 37 heavy (non-hydrogen) atoms. The van der Waals surface area contributed by atoms with Crippen LogP contribution in [0.1, 0.15) is 12.5 Å². The molecule has 178 valence electrons. The molecule has 0 aliphatic heterocycles. The van der Waals surface area contributed by atoms with E-state index >= 15 is 0 Å². The molecule has 0 fully saturated rings. The Bertz CT molecular complexity index is 1380. The van der Waals surface area contributed by atoms with Crippen molar-refractivity contribution in [3.05, 3.63) is 175 Å². The molecule has 0 atom stereocenters. The summed E-state index contributed by atoms with van der Waals surface area (Å²) in [4.78, 5) is 0. The van der Waals surface area contributed by atoms with Gasteiger partial charge in [0.1, 0.15) is 0 Å². The van der Waals surface area contributed by atoms with Crippen LogP contribution in [0.5, 0.6) is 0 Å². The van der Waals surface area contributed by atoms with Crippen molar-refractivity contribution in [1.82, 2.24) is 0 Å². The minimum atomic E-state index is -0.850. The van der Waals surface area contributed by atoms with Gasteiger partial charge in [0, 0.05) is 0 Å². The Morgan fingerprint density at radius 3 is 1.24 bits per heavy atom. The van der Waals surface area contributed by atoms with E-state index < -0.39 is 7.92 Å². The van der Waals surface area contributed by atoms with Crippen LogP contribution in [0.25, 0.3) is 5.47 Å². The highest BCUT2D eigenvalue weighted by molar-refractivity contribution is 7.77. The van der Waals surface area contributed by atoms with Crippen molar-refractivity contribution >= 4 is 41.6 Å². The van der Waals surface area contributed by atoms with Gasteiger partial charge < -0.3 is 0 Å². The number of hydrogen-bond donors (Lipinski definition) is 0. The first-order valence-corrected chi connectivity index (χ1v) is 14.0. The van der Waals surface area contributed by atoms with Crippen LogP contribution in [-0.4, -0.2) is 6.71 Å². The van der Waals surface area contributed by atoms with E-state index in [1.807, 2.05) is 0 Å². The second-order valence-corrected chi connectivity index (χ2v) is 11.3. The van der Waals surface area contributed by atoms with Gasteiger partial charge in [-0.3, -0.25) is 0 Å². The Balaban J connectivity index is 1.90. The predicted octanol–water partition coefficient (Wildman–Crippen LogP) is 6.96. The third kappa shape index (κ3) is 5.58. The zero-order valence-electron chi connectivity index (χ0n) is 21.2. The van der Waals surface area contributed by atoms with E-state index in [0.29, 0.717) is 0 Å². The molecule has 0 radical (unpaired) electrons. The van der Waals surface area contributed by atoms with Crippen molar-refractivity contribution in [3.63, 3.8) is 0 Å². The van der Waals surface area contributed by atoms with Gasteiger partial charge in [-0.15, -0.1) is 0 Å². The molecular weight excluding hydrogens is 462 g/mol. The van der Waals surface area contributed by atoms with Crippen molar-refractivity contribution in [3.8, 4) is 0 Å². The van der Waals surface area contributed by atoms with Crippen molar-refractivity contribution in [1.29, 1.82) is 0 Å². The normalized spacial score (nSPS) is 11.6. The van der Waals surface area contributed by atoms with E-state index in [-0.39, 0.29) is 6.71 Å². The summed E-state index contributed by atoms with van der Waals surface area (Å²) in [5, 5.41) is 3.99. The third-order valence-corrected chi connectivity index (χ3v) is 9.25. The van der Waals surface area contributed by atoms with Crippen molar-refractivity contribution in [2.75, 3.05) is 0 Å². The molecule has 0 saturated heterocycles. The molecule has 0 aliphatic carbocycles. The average Bonchev–Trinajstić information content (AvgIpc) is 2.97. The first kappa shape index (κ1) is 24.8. The van der Waals surface area contributed by atoms with Gasteiger partial charge in [0.15, 0.2) is 0 Å². The van der Waals surface area contributed by atoms with E-state index in [4.69, 9.17) is 0 Å². The smallest absolute Gasteiger partial charge is 0.0955 e. The molecule has 0 unspecified atom stereocenters. The van der Waals surface area contributed by atoms with Crippen molar-refractivity contribution in [2.24, 2.45) is 0 Å². The Labute approximate surface area is 222 Å². The monoisotopic (exact) mass is 492 g/mol. The first-order valence-electron chi connectivity index (χ1n) is 12.7. The fraction of sp³-hybridized carbons (Fsp3) is 0.0286. The highest BCUT2D eigenvalue weighted by Crippen LogP contribution is 2.50. The predicted molar refractivity (Wildman–Crippen MR) is 165 cm³/mol. The molecular formula is C35H30BP. The summed E-state index contributed by atoms with van der Waals surface area (Å²) in [5.41, 5.74) is 6.22. The summed E-state index contributed by atoms with van der Waals surface area (Å²) in [6.45, 7) is 6.84. The Hall–Kier alpha value is -3.93. The van der Waals surface area contributed by atoms with Crippen LogP contribution >= 0.6 is 7.92 Å². The van der Waals surface area contributed by atoms with Gasteiger partial charge in [-0.25, -0.2) is 0 Å². The summed E-state index contributed by atoms with van der Waals surface area (Å²) in [5.74, 6) is 0. The maximum absolute atomic E-state index is 4.60. The zero-order chi connectivity index (χ0) is 25.5. The fourth-order valence-corrected chi connectivity index (χ4v) is 7.61. The highest BCUT2D eigenvalue weighted by atomic mass is 31.1. The minimum absolute atomic E-state index is 0.0638. The van der Waals surface area contributed by atoms with E-state index in [1.54, 1.807) is 0 Å². The van der Waals surface area contributed by atoms with Crippen LogP contribution in [-0.2, 0) is 0 Å². The Kier molecular flexibility index (Phi) is 7.94. The maximum atomic E-state index is 4.60. The van der Waals surface area contributed by atoms with E-state index in [2.05, 4.69) is 165 Å². The molecule has 5 aromatic carbocycles. The van der Waals surface area contributed by atoms with Gasteiger partial charge >= 0.3 is 0 Å². The molecule has 0 amide bonds. The zero-order valence-corrected chi connectivity index (χ0v) is 22.1. The minimum Gasteiger partial charge on any atom is -0.0955 e. The van der Waals surface area contributed by atoms with E-state index in [1.165, 1.54) is 37.9 Å². The molecule has 0 heterocycles. The fourth-order valence-electron chi connectivity index (χ4n) is 4.98. The molecule has 5 rings (SSSR count). The lowest BCUT2D eigenvalue weighted by Gasteiger charge is -2.30. The Morgan fingerprint density at radius 1 is 0.514 bits per heavy atom. The summed E-state index contributed by atoms with van der Waals surface area (Å²) < 4.78 is 0. The van der Waals surface area contributed by atoms with Crippen LogP contribution in [0.2, 0.25) is 0 Å². The summed E-state index contributed by atoms with van der Waals surface area (Å²) in [7, 11) is -0.850. The SMILES string of the molecule is C=C(C)C(=C(B(c1ccccc1)c1ccccc1)c1ccccc1)P(c1ccccc1)c1ccccc1. The molecule has 0 aliphatic rings. The lowest BCUT2D eigenvalue weighted by molar-refractivity contribution is 1.52. The van der Waals surface area contributed by atoms with Crippen molar-refractivity contribution < 1.29 is 0 Å². The van der Waals surface area contributed by atoms with Gasteiger partial charge in [-0.2, -0.15) is 0 Å². The van der Waals surface area contributed by atoms with E-state index in [9.17, 15) is 0 Å². The van der Waals surface area contributed by atoms with Crippen LogP contribution in [0, 0.1) is 0 Å². The highest BCUT2D eigenvalue weighted by Gasteiger charge is 2.32. The molecule has 0 nitrogen and oxygen atoms in total. The van der Waals surface area contributed by atoms with Crippen molar-refractivity contribution in [2.45, 2.75) is 6.92 Å². The van der Waals surface area contributed by atoms with Crippen LogP contribution in [0.4, 0.5) is 0 Å². The number of hydrogen-bond acceptors (Lipinski definition) is 0. The lowest BCUT2D eigenvalue weighted by atomic mass is 9.35. The lowest BCUT2D eigenvalue weighted by Crippen LogP contribution is -2.44. The van der Waals surface area contributed by atoms with Gasteiger partial charge in [0.2, 0.25) is 6.71 Å². The van der Waals surface area contributed by atoms with Gasteiger partial charge in [-0.1, -0.05) is 180 Å². The quantitative estimate of drug-likeness (QED) is 0.125. The number of allylic oxidation sites excluding steroid dienone is 2.